The molecule has 0 fully saturated rings. The number of hydrogen-bond acceptors (Lipinski definition) is 2. The minimum Gasteiger partial charge on any atom is -0.387 e. The molecule has 0 spiro atoms. The lowest BCUT2D eigenvalue weighted by atomic mass is 10.3. The topological polar surface area (TPSA) is 51.3 Å². The number of hydrogen-bond donors (Lipinski definition) is 1. The Morgan fingerprint density at radius 1 is 1.55 bits per heavy atom. The van der Waals surface area contributed by atoms with Crippen molar-refractivity contribution in [2.45, 2.75) is 13.8 Å². The molecule has 2 N–H and O–H groups in total. The number of rotatable bonds is 1. The fourth-order valence-electron chi connectivity index (χ4n) is 0.804. The van der Waals surface area contributed by atoms with Gasteiger partial charge in [0, 0.05) is 6.20 Å². The molecule has 11 heavy (non-hydrogen) atoms. The van der Waals surface area contributed by atoms with Crippen molar-refractivity contribution in [3.8, 4) is 0 Å². The van der Waals surface area contributed by atoms with Gasteiger partial charge in [0.25, 0.3) is 0 Å². The highest BCUT2D eigenvalue weighted by atomic mass is 14.9. The van der Waals surface area contributed by atoms with Crippen LogP contribution in [0.3, 0.4) is 0 Å². The van der Waals surface area contributed by atoms with Gasteiger partial charge >= 0.3 is 0 Å². The molecule has 1 rings (SSSR count). The van der Waals surface area contributed by atoms with Gasteiger partial charge in [-0.25, -0.2) is 4.99 Å². The van der Waals surface area contributed by atoms with Gasteiger partial charge in [-0.1, -0.05) is 0 Å². The third kappa shape index (κ3) is 2.37. The van der Waals surface area contributed by atoms with Crippen LogP contribution in [0, 0.1) is 6.92 Å². The van der Waals surface area contributed by atoms with Crippen LogP contribution in [0.4, 0.5) is 5.69 Å². The second kappa shape index (κ2) is 3.14. The number of aliphatic imine (C=N–C) groups is 1. The first kappa shape index (κ1) is 7.72. The van der Waals surface area contributed by atoms with Gasteiger partial charge < -0.3 is 5.73 Å². The monoisotopic (exact) mass is 149 g/mol. The van der Waals surface area contributed by atoms with Crippen molar-refractivity contribution in [3.05, 3.63) is 24.0 Å². The number of pyridine rings is 1. The Balaban J connectivity index is 2.97. The van der Waals surface area contributed by atoms with E-state index in [2.05, 4.69) is 9.98 Å². The molecule has 58 valence electrons. The number of aromatic nitrogens is 1. The van der Waals surface area contributed by atoms with E-state index < -0.39 is 0 Å². The average molecular weight is 149 g/mol. The molecule has 1 heterocycles. The summed E-state index contributed by atoms with van der Waals surface area (Å²) in [6, 6.07) is 1.93. The van der Waals surface area contributed by atoms with Gasteiger partial charge in [0.05, 0.1) is 17.7 Å². The van der Waals surface area contributed by atoms with Crippen LogP contribution >= 0.6 is 0 Å². The SMILES string of the molecule is CC(N)=Nc1cncc(C)c1. The Labute approximate surface area is 66.0 Å². The van der Waals surface area contributed by atoms with Gasteiger partial charge in [0.2, 0.25) is 0 Å². The lowest BCUT2D eigenvalue weighted by Crippen LogP contribution is -2.03. The number of amidine groups is 1. The van der Waals surface area contributed by atoms with E-state index in [-0.39, 0.29) is 0 Å². The third-order valence-electron chi connectivity index (χ3n) is 1.17. The highest BCUT2D eigenvalue weighted by Crippen LogP contribution is 2.10. The number of nitrogens with zero attached hydrogens (tertiary/aromatic N) is 2. The van der Waals surface area contributed by atoms with Crippen LogP contribution in [-0.2, 0) is 0 Å². The van der Waals surface area contributed by atoms with Crippen LogP contribution in [0.1, 0.15) is 12.5 Å². The molecule has 0 aliphatic rings. The molecule has 0 saturated carbocycles. The first-order valence-electron chi connectivity index (χ1n) is 3.41. The van der Waals surface area contributed by atoms with Gasteiger partial charge in [-0.2, -0.15) is 0 Å². The molecule has 0 unspecified atom stereocenters. The molecular weight excluding hydrogens is 138 g/mol. The maximum atomic E-state index is 5.40. The van der Waals surface area contributed by atoms with Crippen molar-refractivity contribution < 1.29 is 0 Å². The summed E-state index contributed by atoms with van der Waals surface area (Å²) in [5.41, 5.74) is 7.30. The van der Waals surface area contributed by atoms with Crippen molar-refractivity contribution in [2.75, 3.05) is 0 Å². The molecular formula is C8H11N3. The fraction of sp³-hybridized carbons (Fsp3) is 0.250. The van der Waals surface area contributed by atoms with Crippen LogP contribution in [-0.4, -0.2) is 10.8 Å². The predicted octanol–water partition coefficient (Wildman–Crippen LogP) is 1.40. The summed E-state index contributed by atoms with van der Waals surface area (Å²) in [5.74, 6) is 0.553. The lowest BCUT2D eigenvalue weighted by molar-refractivity contribution is 1.25. The summed E-state index contributed by atoms with van der Waals surface area (Å²) in [5, 5.41) is 0. The van der Waals surface area contributed by atoms with Gasteiger partial charge in [0.15, 0.2) is 0 Å². The first-order chi connectivity index (χ1) is 5.18. The number of nitrogens with two attached hydrogens (primary N) is 1. The Bertz CT molecular complexity index is 274. The Kier molecular flexibility index (Phi) is 2.21. The quantitative estimate of drug-likeness (QED) is 0.484. The largest absolute Gasteiger partial charge is 0.387 e. The molecule has 0 bridgehead atoms. The molecule has 0 aliphatic carbocycles. The summed E-state index contributed by atoms with van der Waals surface area (Å²) < 4.78 is 0. The molecule has 3 nitrogen and oxygen atoms in total. The Morgan fingerprint density at radius 2 is 2.27 bits per heavy atom. The van der Waals surface area contributed by atoms with E-state index in [1.165, 1.54) is 0 Å². The van der Waals surface area contributed by atoms with E-state index in [0.717, 1.165) is 11.3 Å². The second-order valence-electron chi connectivity index (χ2n) is 2.47. The van der Waals surface area contributed by atoms with Crippen LogP contribution in [0.25, 0.3) is 0 Å². The van der Waals surface area contributed by atoms with Crippen LogP contribution in [0.15, 0.2) is 23.5 Å². The fourth-order valence-corrected chi connectivity index (χ4v) is 0.804. The minimum absolute atomic E-state index is 0.553. The van der Waals surface area contributed by atoms with Gasteiger partial charge in [-0.3, -0.25) is 4.98 Å². The molecule has 0 atom stereocenters. The molecule has 0 aromatic carbocycles. The third-order valence-corrected chi connectivity index (χ3v) is 1.17. The van der Waals surface area contributed by atoms with Crippen LogP contribution in [0.2, 0.25) is 0 Å². The van der Waals surface area contributed by atoms with E-state index in [1.807, 2.05) is 13.0 Å². The highest BCUT2D eigenvalue weighted by Gasteiger charge is 1.89. The molecule has 0 saturated heterocycles. The van der Waals surface area contributed by atoms with Crippen molar-refractivity contribution in [2.24, 2.45) is 10.7 Å². The van der Waals surface area contributed by atoms with E-state index in [0.29, 0.717) is 5.84 Å². The van der Waals surface area contributed by atoms with Crippen molar-refractivity contribution in [1.29, 1.82) is 0 Å². The standard InChI is InChI=1S/C8H11N3/c1-6-3-8(5-10-4-6)11-7(2)9/h3-5H,1-2H3,(H2,9,11). The number of aryl methyl sites for hydroxylation is 1. The van der Waals surface area contributed by atoms with Crippen molar-refractivity contribution >= 4 is 11.5 Å². The van der Waals surface area contributed by atoms with Crippen molar-refractivity contribution in [1.82, 2.24) is 4.98 Å². The smallest absolute Gasteiger partial charge is 0.0965 e. The summed E-state index contributed by atoms with van der Waals surface area (Å²) in [6.07, 6.45) is 3.47. The molecule has 0 aliphatic heterocycles. The van der Waals surface area contributed by atoms with E-state index in [4.69, 9.17) is 5.73 Å². The van der Waals surface area contributed by atoms with E-state index in [9.17, 15) is 0 Å². The normalized spacial score (nSPS) is 11.6. The summed E-state index contributed by atoms with van der Waals surface area (Å²) >= 11 is 0. The summed E-state index contributed by atoms with van der Waals surface area (Å²) in [6.45, 7) is 3.72. The van der Waals surface area contributed by atoms with E-state index in [1.54, 1.807) is 19.3 Å². The van der Waals surface area contributed by atoms with E-state index >= 15 is 0 Å². The van der Waals surface area contributed by atoms with Gasteiger partial charge in [-0.05, 0) is 25.5 Å². The molecule has 1 aromatic heterocycles. The second-order valence-corrected chi connectivity index (χ2v) is 2.47. The van der Waals surface area contributed by atoms with Crippen molar-refractivity contribution in [3.63, 3.8) is 0 Å². The first-order valence-corrected chi connectivity index (χ1v) is 3.41. The molecule has 1 aromatic rings. The molecule has 0 radical (unpaired) electrons. The van der Waals surface area contributed by atoms with Crippen LogP contribution < -0.4 is 5.73 Å². The Morgan fingerprint density at radius 3 is 2.82 bits per heavy atom. The predicted molar refractivity (Wildman–Crippen MR) is 45.9 cm³/mol. The lowest BCUT2D eigenvalue weighted by Gasteiger charge is -1.94. The Hall–Kier alpha value is -1.38. The van der Waals surface area contributed by atoms with Crippen LogP contribution in [0.5, 0.6) is 0 Å². The maximum Gasteiger partial charge on any atom is 0.0965 e. The zero-order chi connectivity index (χ0) is 8.27. The van der Waals surface area contributed by atoms with Gasteiger partial charge in [-0.15, -0.1) is 0 Å². The van der Waals surface area contributed by atoms with Gasteiger partial charge in [0.1, 0.15) is 0 Å². The molecule has 3 heteroatoms. The average Bonchev–Trinajstić information content (AvgIpc) is 1.85. The summed E-state index contributed by atoms with van der Waals surface area (Å²) in [4.78, 5) is 8.03. The zero-order valence-electron chi connectivity index (χ0n) is 6.70. The maximum absolute atomic E-state index is 5.40. The minimum atomic E-state index is 0.553. The summed E-state index contributed by atoms with van der Waals surface area (Å²) in [7, 11) is 0. The highest BCUT2D eigenvalue weighted by molar-refractivity contribution is 5.80. The zero-order valence-corrected chi connectivity index (χ0v) is 6.70. The molecule has 0 amide bonds.